The van der Waals surface area contributed by atoms with E-state index in [-0.39, 0.29) is 12.5 Å². The van der Waals surface area contributed by atoms with Crippen molar-refractivity contribution in [2.45, 2.75) is 6.54 Å². The number of halogens is 1. The van der Waals surface area contributed by atoms with Crippen LogP contribution >= 0.6 is 22.9 Å². The van der Waals surface area contributed by atoms with E-state index in [0.29, 0.717) is 22.1 Å². The Balaban J connectivity index is 1.55. The number of hydrogen-bond donors (Lipinski definition) is 1. The predicted octanol–water partition coefficient (Wildman–Crippen LogP) is 5.20. The Bertz CT molecular complexity index is 1260. The minimum Gasteiger partial charge on any atom is -0.315 e. The zero-order chi connectivity index (χ0) is 22.5. The fourth-order valence-corrected chi connectivity index (χ4v) is 4.22. The smallest absolute Gasteiger partial charge is 0.239 e. The average molecular weight is 462 g/mol. The monoisotopic (exact) mass is 461 g/mol. The Hall–Kier alpha value is -3.44. The Kier molecular flexibility index (Phi) is 6.66. The Morgan fingerprint density at radius 3 is 2.66 bits per heavy atom. The molecule has 1 N–H and O–H groups in total. The molecule has 2 aromatic carbocycles. The van der Waals surface area contributed by atoms with Crippen LogP contribution in [-0.2, 0) is 11.3 Å². The standard InChI is InChI=1S/C24H20ClN5OS/c1-29(16-22(31)27-24-18(13-26)11-12-32-24)14-19-15-30(21-5-3-2-4-6-21)28-23(19)17-7-9-20(25)10-8-17/h2-12,15H,14,16H2,1H3,(H,27,31). The third kappa shape index (κ3) is 5.06. The lowest BCUT2D eigenvalue weighted by atomic mass is 10.1. The molecule has 0 aliphatic rings. The molecular weight excluding hydrogens is 442 g/mol. The van der Waals surface area contributed by atoms with Gasteiger partial charge in [-0.3, -0.25) is 9.69 Å². The van der Waals surface area contributed by atoms with Gasteiger partial charge in [0.2, 0.25) is 5.91 Å². The van der Waals surface area contributed by atoms with E-state index in [4.69, 9.17) is 22.0 Å². The van der Waals surface area contributed by atoms with Gasteiger partial charge in [0.05, 0.1) is 23.5 Å². The highest BCUT2D eigenvalue weighted by molar-refractivity contribution is 7.14. The number of nitrogens with zero attached hydrogens (tertiary/aromatic N) is 4. The summed E-state index contributed by atoms with van der Waals surface area (Å²) < 4.78 is 1.85. The van der Waals surface area contributed by atoms with E-state index in [9.17, 15) is 4.79 Å². The van der Waals surface area contributed by atoms with Crippen LogP contribution in [0.1, 0.15) is 11.1 Å². The first kappa shape index (κ1) is 21.8. The van der Waals surface area contributed by atoms with Gasteiger partial charge in [-0.1, -0.05) is 41.9 Å². The Morgan fingerprint density at radius 1 is 1.19 bits per heavy atom. The summed E-state index contributed by atoms with van der Waals surface area (Å²) in [5, 5.41) is 19.8. The van der Waals surface area contributed by atoms with Gasteiger partial charge in [0, 0.05) is 28.9 Å². The molecule has 0 bridgehead atoms. The van der Waals surface area contributed by atoms with Gasteiger partial charge in [-0.2, -0.15) is 10.4 Å². The number of aromatic nitrogens is 2. The van der Waals surface area contributed by atoms with Crippen molar-refractivity contribution in [2.75, 3.05) is 18.9 Å². The summed E-state index contributed by atoms with van der Waals surface area (Å²) in [5.41, 5.74) is 4.20. The van der Waals surface area contributed by atoms with Crippen LogP contribution in [0.3, 0.4) is 0 Å². The van der Waals surface area contributed by atoms with Gasteiger partial charge < -0.3 is 5.32 Å². The summed E-state index contributed by atoms with van der Waals surface area (Å²) in [5.74, 6) is -0.171. The number of hydrogen-bond acceptors (Lipinski definition) is 5. The topological polar surface area (TPSA) is 74.0 Å². The van der Waals surface area contributed by atoms with Crippen molar-refractivity contribution in [1.29, 1.82) is 5.26 Å². The first-order valence-electron chi connectivity index (χ1n) is 9.89. The second-order valence-corrected chi connectivity index (χ2v) is 8.64. The number of nitrogens with one attached hydrogen (secondary N) is 1. The van der Waals surface area contributed by atoms with Gasteiger partial charge in [-0.05, 0) is 42.8 Å². The van der Waals surface area contributed by atoms with Crippen LogP contribution in [0.5, 0.6) is 0 Å². The molecule has 2 aromatic heterocycles. The average Bonchev–Trinajstić information content (AvgIpc) is 3.41. The molecular formula is C24H20ClN5OS. The molecule has 0 atom stereocenters. The number of likely N-dealkylation sites (N-methyl/N-ethyl adjacent to an activating group) is 1. The van der Waals surface area contributed by atoms with Crippen molar-refractivity contribution < 1.29 is 4.79 Å². The third-order valence-electron chi connectivity index (χ3n) is 4.82. The number of benzene rings is 2. The van der Waals surface area contributed by atoms with E-state index in [1.807, 2.05) is 77.4 Å². The van der Waals surface area contributed by atoms with Gasteiger partial charge >= 0.3 is 0 Å². The van der Waals surface area contributed by atoms with Crippen LogP contribution in [0.2, 0.25) is 5.02 Å². The molecule has 6 nitrogen and oxygen atoms in total. The molecule has 2 heterocycles. The van der Waals surface area contributed by atoms with Crippen molar-refractivity contribution in [3.05, 3.63) is 88.4 Å². The highest BCUT2D eigenvalue weighted by Crippen LogP contribution is 2.26. The van der Waals surface area contributed by atoms with Crippen molar-refractivity contribution in [3.8, 4) is 23.0 Å². The number of nitriles is 1. The summed E-state index contributed by atoms with van der Waals surface area (Å²) in [7, 11) is 1.88. The SMILES string of the molecule is CN(CC(=O)Nc1sccc1C#N)Cc1cn(-c2ccccc2)nc1-c1ccc(Cl)cc1. The summed E-state index contributed by atoms with van der Waals surface area (Å²) in [6.45, 7) is 0.701. The normalized spacial score (nSPS) is 10.8. The van der Waals surface area contributed by atoms with Gasteiger partial charge in [-0.25, -0.2) is 4.68 Å². The summed E-state index contributed by atoms with van der Waals surface area (Å²) in [4.78, 5) is 14.4. The van der Waals surface area contributed by atoms with Gasteiger partial charge in [0.1, 0.15) is 11.1 Å². The molecule has 160 valence electrons. The van der Waals surface area contributed by atoms with E-state index < -0.39 is 0 Å². The highest BCUT2D eigenvalue weighted by atomic mass is 35.5. The molecule has 0 spiro atoms. The molecule has 0 fully saturated rings. The van der Waals surface area contributed by atoms with Crippen LogP contribution in [-0.4, -0.2) is 34.2 Å². The second-order valence-electron chi connectivity index (χ2n) is 7.29. The molecule has 0 unspecified atom stereocenters. The van der Waals surface area contributed by atoms with Crippen molar-refractivity contribution >= 4 is 33.8 Å². The number of carbonyl (C=O) groups excluding carboxylic acids is 1. The summed E-state index contributed by atoms with van der Waals surface area (Å²) in [6.07, 6.45) is 1.99. The van der Waals surface area contributed by atoms with Crippen LogP contribution in [0.15, 0.2) is 72.2 Å². The number of thiophene rings is 1. The van der Waals surface area contributed by atoms with Crippen LogP contribution in [0.25, 0.3) is 16.9 Å². The van der Waals surface area contributed by atoms with Crippen molar-refractivity contribution in [1.82, 2.24) is 14.7 Å². The highest BCUT2D eigenvalue weighted by Gasteiger charge is 2.16. The fraction of sp³-hybridized carbons (Fsp3) is 0.125. The maximum Gasteiger partial charge on any atom is 0.239 e. The molecule has 0 saturated carbocycles. The van der Waals surface area contributed by atoms with E-state index in [2.05, 4.69) is 11.4 Å². The summed E-state index contributed by atoms with van der Waals surface area (Å²) >= 11 is 7.40. The molecule has 1 amide bonds. The molecule has 0 saturated heterocycles. The molecule has 32 heavy (non-hydrogen) atoms. The lowest BCUT2D eigenvalue weighted by Crippen LogP contribution is -2.29. The summed E-state index contributed by atoms with van der Waals surface area (Å²) in [6, 6.07) is 21.2. The van der Waals surface area contributed by atoms with Crippen molar-refractivity contribution in [2.24, 2.45) is 0 Å². The van der Waals surface area contributed by atoms with E-state index in [0.717, 1.165) is 22.5 Å². The lowest BCUT2D eigenvalue weighted by Gasteiger charge is -2.16. The van der Waals surface area contributed by atoms with Crippen molar-refractivity contribution in [3.63, 3.8) is 0 Å². The Morgan fingerprint density at radius 2 is 1.94 bits per heavy atom. The van der Waals surface area contributed by atoms with Gasteiger partial charge in [0.25, 0.3) is 0 Å². The minimum absolute atomic E-state index is 0.171. The fourth-order valence-electron chi connectivity index (χ4n) is 3.34. The predicted molar refractivity (Wildman–Crippen MR) is 128 cm³/mol. The molecule has 8 heteroatoms. The molecule has 0 radical (unpaired) electrons. The zero-order valence-electron chi connectivity index (χ0n) is 17.3. The zero-order valence-corrected chi connectivity index (χ0v) is 18.9. The van der Waals surface area contributed by atoms with E-state index >= 15 is 0 Å². The largest absolute Gasteiger partial charge is 0.315 e. The van der Waals surface area contributed by atoms with Crippen LogP contribution in [0, 0.1) is 11.3 Å². The first-order chi connectivity index (χ1) is 15.5. The van der Waals surface area contributed by atoms with Crippen LogP contribution in [0.4, 0.5) is 5.00 Å². The van der Waals surface area contributed by atoms with E-state index in [1.165, 1.54) is 11.3 Å². The third-order valence-corrected chi connectivity index (χ3v) is 5.90. The molecule has 4 aromatic rings. The Labute approximate surface area is 195 Å². The lowest BCUT2D eigenvalue weighted by molar-refractivity contribution is -0.117. The van der Waals surface area contributed by atoms with Gasteiger partial charge in [0.15, 0.2) is 0 Å². The van der Waals surface area contributed by atoms with E-state index in [1.54, 1.807) is 11.4 Å². The molecule has 0 aliphatic heterocycles. The second kappa shape index (κ2) is 9.79. The maximum absolute atomic E-state index is 12.5. The quantitative estimate of drug-likeness (QED) is 0.410. The number of carbonyl (C=O) groups is 1. The number of para-hydroxylation sites is 1. The molecule has 0 aliphatic carbocycles. The van der Waals surface area contributed by atoms with Crippen LogP contribution < -0.4 is 5.32 Å². The number of amides is 1. The first-order valence-corrected chi connectivity index (χ1v) is 11.1. The maximum atomic E-state index is 12.5. The number of anilines is 1. The van der Waals surface area contributed by atoms with Gasteiger partial charge in [-0.15, -0.1) is 11.3 Å². The minimum atomic E-state index is -0.171. The molecule has 4 rings (SSSR count). The number of rotatable bonds is 7.